The largest absolute Gasteiger partial charge is 0.260 e. The summed E-state index contributed by atoms with van der Waals surface area (Å²) in [5, 5.41) is 0. The third kappa shape index (κ3) is 4.57. The molecule has 0 bridgehead atoms. The molecule has 0 aliphatic heterocycles. The number of aryl methyl sites for hydroxylation is 1. The van der Waals surface area contributed by atoms with Crippen molar-refractivity contribution in [3.05, 3.63) is 172 Å². The van der Waals surface area contributed by atoms with E-state index in [2.05, 4.69) is 109 Å². The third-order valence-corrected chi connectivity index (χ3v) is 9.95. The number of rotatable bonds is 4. The number of aromatic nitrogens is 2. The molecule has 2 aromatic heterocycles. The highest BCUT2D eigenvalue weighted by Gasteiger charge is 2.40. The van der Waals surface area contributed by atoms with Gasteiger partial charge in [0, 0.05) is 35.5 Å². The molecule has 0 saturated carbocycles. The smallest absolute Gasteiger partial charge is 0.0717 e. The van der Waals surface area contributed by atoms with Gasteiger partial charge in [-0.1, -0.05) is 96.6 Å². The second-order valence-electron chi connectivity index (χ2n) is 12.4. The normalized spacial score (nSPS) is 24.0. The summed E-state index contributed by atoms with van der Waals surface area (Å²) in [4.78, 5) is 9.52. The average Bonchev–Trinajstić information content (AvgIpc) is 3.08. The van der Waals surface area contributed by atoms with Gasteiger partial charge in [-0.15, -0.1) is 0 Å². The standard InChI is InChI=1S/C41H36N2/c1-27-17-19-28(20-18-27)40-33-12-4-6-14-35(33)41(36-15-7-5-13-34(36)40)37-23-22-32(30-10-2-3-11-31(30)37)39-24-21-29(26-43-39)38-16-8-9-25-42-38/h3-6,8-9,11-14,16-26,30,32,36,41H,2,7,10,15H2,1H3. The number of benzene rings is 2. The number of hydrogen-bond acceptors (Lipinski definition) is 2. The number of nitrogens with zero attached hydrogens (tertiary/aromatic N) is 2. The predicted octanol–water partition coefficient (Wildman–Crippen LogP) is 9.93. The summed E-state index contributed by atoms with van der Waals surface area (Å²) in [7, 11) is 0. The third-order valence-electron chi connectivity index (χ3n) is 9.95. The lowest BCUT2D eigenvalue weighted by Gasteiger charge is -2.42. The summed E-state index contributed by atoms with van der Waals surface area (Å²) < 4.78 is 0. The second kappa shape index (κ2) is 10.9. The fraction of sp³-hybridized carbons (Fsp3) is 0.220. The summed E-state index contributed by atoms with van der Waals surface area (Å²) in [5.41, 5.74) is 14.6. The summed E-state index contributed by atoms with van der Waals surface area (Å²) in [5.74, 6) is 1.54. The van der Waals surface area contributed by atoms with Crippen molar-refractivity contribution < 1.29 is 0 Å². The molecule has 4 aromatic rings. The molecule has 4 aliphatic carbocycles. The molecule has 8 rings (SSSR count). The fourth-order valence-corrected chi connectivity index (χ4v) is 7.94. The monoisotopic (exact) mass is 556 g/mol. The lowest BCUT2D eigenvalue weighted by Crippen LogP contribution is -2.28. The van der Waals surface area contributed by atoms with Crippen molar-refractivity contribution in [3.63, 3.8) is 0 Å². The summed E-state index contributed by atoms with van der Waals surface area (Å²) in [6.07, 6.45) is 23.0. The Kier molecular flexibility index (Phi) is 6.63. The molecule has 4 aliphatic rings. The lowest BCUT2D eigenvalue weighted by molar-refractivity contribution is 0.460. The topological polar surface area (TPSA) is 25.8 Å². The van der Waals surface area contributed by atoms with Gasteiger partial charge in [-0.2, -0.15) is 0 Å². The van der Waals surface area contributed by atoms with E-state index >= 15 is 0 Å². The Labute approximate surface area is 255 Å². The van der Waals surface area contributed by atoms with Gasteiger partial charge in [-0.3, -0.25) is 9.97 Å². The first kappa shape index (κ1) is 26.1. The van der Waals surface area contributed by atoms with E-state index in [4.69, 9.17) is 4.98 Å². The molecule has 0 N–H and O–H groups in total. The molecule has 210 valence electrons. The first-order chi connectivity index (χ1) is 21.3. The lowest BCUT2D eigenvalue weighted by atomic mass is 9.61. The van der Waals surface area contributed by atoms with E-state index in [-0.39, 0.29) is 5.92 Å². The minimum Gasteiger partial charge on any atom is -0.260 e. The quantitative estimate of drug-likeness (QED) is 0.250. The van der Waals surface area contributed by atoms with Crippen molar-refractivity contribution in [2.75, 3.05) is 0 Å². The van der Waals surface area contributed by atoms with Gasteiger partial charge in [-0.05, 0) is 108 Å². The Balaban J connectivity index is 1.22. The van der Waals surface area contributed by atoms with Crippen LogP contribution in [0.25, 0.3) is 16.8 Å². The highest BCUT2D eigenvalue weighted by atomic mass is 14.7. The highest BCUT2D eigenvalue weighted by Crippen LogP contribution is 2.55. The van der Waals surface area contributed by atoms with Crippen LogP contribution in [0.3, 0.4) is 0 Å². The van der Waals surface area contributed by atoms with Crippen molar-refractivity contribution in [2.24, 2.45) is 11.8 Å². The molecule has 0 spiro atoms. The van der Waals surface area contributed by atoms with Crippen LogP contribution in [0.1, 0.15) is 65.5 Å². The molecule has 43 heavy (non-hydrogen) atoms. The number of allylic oxidation sites excluding steroid dienone is 9. The molecular formula is C41H36N2. The van der Waals surface area contributed by atoms with Crippen LogP contribution in [0.2, 0.25) is 0 Å². The van der Waals surface area contributed by atoms with Crippen LogP contribution in [0.5, 0.6) is 0 Å². The van der Waals surface area contributed by atoms with Crippen molar-refractivity contribution >= 4 is 5.57 Å². The van der Waals surface area contributed by atoms with Crippen LogP contribution in [0.15, 0.2) is 144 Å². The average molecular weight is 557 g/mol. The van der Waals surface area contributed by atoms with Gasteiger partial charge >= 0.3 is 0 Å². The molecule has 2 heterocycles. The van der Waals surface area contributed by atoms with E-state index in [1.54, 1.807) is 0 Å². The first-order valence-corrected chi connectivity index (χ1v) is 15.8. The molecule has 2 heteroatoms. The predicted molar refractivity (Wildman–Crippen MR) is 176 cm³/mol. The van der Waals surface area contributed by atoms with Gasteiger partial charge in [0.05, 0.1) is 5.69 Å². The van der Waals surface area contributed by atoms with E-state index < -0.39 is 0 Å². The second-order valence-corrected chi connectivity index (χ2v) is 12.4. The number of pyridine rings is 2. The molecule has 0 fully saturated rings. The van der Waals surface area contributed by atoms with Crippen LogP contribution in [-0.4, -0.2) is 9.97 Å². The van der Waals surface area contributed by atoms with E-state index in [0.717, 1.165) is 36.2 Å². The maximum atomic E-state index is 5.00. The van der Waals surface area contributed by atoms with Crippen LogP contribution in [-0.2, 0) is 0 Å². The van der Waals surface area contributed by atoms with Crippen LogP contribution >= 0.6 is 0 Å². The van der Waals surface area contributed by atoms with Gasteiger partial charge in [0.15, 0.2) is 0 Å². The van der Waals surface area contributed by atoms with Gasteiger partial charge in [0.1, 0.15) is 0 Å². The SMILES string of the molecule is Cc1ccc(C2=C3C=CCCC3C(C3=C4C=CCCC4C(c4ccc(-c5ccccn5)cn4)C=C3)c3ccccc32)cc1. The first-order valence-electron chi connectivity index (χ1n) is 15.8. The molecule has 0 saturated heterocycles. The van der Waals surface area contributed by atoms with Crippen LogP contribution in [0.4, 0.5) is 0 Å². The molecule has 2 aromatic carbocycles. The van der Waals surface area contributed by atoms with Crippen molar-refractivity contribution in [1.29, 1.82) is 0 Å². The number of hydrogen-bond donors (Lipinski definition) is 0. The maximum absolute atomic E-state index is 5.00. The van der Waals surface area contributed by atoms with Crippen molar-refractivity contribution in [2.45, 2.75) is 44.4 Å². The van der Waals surface area contributed by atoms with Gasteiger partial charge in [-0.25, -0.2) is 0 Å². The van der Waals surface area contributed by atoms with E-state index in [9.17, 15) is 0 Å². The van der Waals surface area contributed by atoms with E-state index in [1.807, 2.05) is 30.6 Å². The Morgan fingerprint density at radius 1 is 0.651 bits per heavy atom. The van der Waals surface area contributed by atoms with Crippen LogP contribution < -0.4 is 0 Å². The van der Waals surface area contributed by atoms with Gasteiger partial charge in [0.2, 0.25) is 0 Å². The molecule has 4 atom stereocenters. The minimum atomic E-state index is 0.282. The Morgan fingerprint density at radius 3 is 2.21 bits per heavy atom. The molecule has 0 amide bonds. The maximum Gasteiger partial charge on any atom is 0.0717 e. The molecule has 4 unspecified atom stereocenters. The van der Waals surface area contributed by atoms with Crippen molar-refractivity contribution in [3.8, 4) is 11.3 Å². The summed E-state index contributed by atoms with van der Waals surface area (Å²) in [6.45, 7) is 2.17. The van der Waals surface area contributed by atoms with Crippen LogP contribution in [0, 0.1) is 18.8 Å². The van der Waals surface area contributed by atoms with Gasteiger partial charge < -0.3 is 0 Å². The minimum absolute atomic E-state index is 0.282. The Morgan fingerprint density at radius 2 is 1.42 bits per heavy atom. The number of fused-ring (bicyclic) bond motifs is 3. The highest BCUT2D eigenvalue weighted by molar-refractivity contribution is 5.88. The van der Waals surface area contributed by atoms with E-state index in [0.29, 0.717) is 17.8 Å². The summed E-state index contributed by atoms with van der Waals surface area (Å²) in [6, 6.07) is 28.8. The molecular weight excluding hydrogens is 520 g/mol. The van der Waals surface area contributed by atoms with Crippen molar-refractivity contribution in [1.82, 2.24) is 9.97 Å². The van der Waals surface area contributed by atoms with E-state index in [1.165, 1.54) is 51.0 Å². The Bertz CT molecular complexity index is 1820. The zero-order valence-corrected chi connectivity index (χ0v) is 24.7. The zero-order valence-electron chi connectivity index (χ0n) is 24.7. The fourth-order valence-electron chi connectivity index (χ4n) is 7.94. The molecule has 0 radical (unpaired) electrons. The zero-order chi connectivity index (χ0) is 28.8. The Hall–Kier alpha value is -4.56. The molecule has 2 nitrogen and oxygen atoms in total. The van der Waals surface area contributed by atoms with Gasteiger partial charge in [0.25, 0.3) is 0 Å². The summed E-state index contributed by atoms with van der Waals surface area (Å²) >= 11 is 0.